The average Bonchev–Trinajstić information content (AvgIpc) is 2.15. The van der Waals surface area contributed by atoms with Gasteiger partial charge in [0, 0.05) is 5.92 Å². The van der Waals surface area contributed by atoms with Crippen LogP contribution < -0.4 is 0 Å². The van der Waals surface area contributed by atoms with Gasteiger partial charge in [-0.15, -0.1) is 0 Å². The van der Waals surface area contributed by atoms with E-state index in [1.54, 1.807) is 6.92 Å². The van der Waals surface area contributed by atoms with Crippen LogP contribution in [0.15, 0.2) is 23.8 Å². The van der Waals surface area contributed by atoms with Crippen LogP contribution in [0.4, 0.5) is 0 Å². The Morgan fingerprint density at radius 2 is 2.00 bits per heavy atom. The molecule has 0 saturated carbocycles. The first-order chi connectivity index (χ1) is 6.61. The van der Waals surface area contributed by atoms with E-state index in [0.717, 1.165) is 19.3 Å². The molecule has 0 radical (unpaired) electrons. The second-order valence-electron chi connectivity index (χ2n) is 3.79. The maximum Gasteiger partial charge on any atom is 0.132 e. The highest BCUT2D eigenvalue weighted by molar-refractivity contribution is 5.78. The topological polar surface area (TPSA) is 17.1 Å². The van der Waals surface area contributed by atoms with Gasteiger partial charge in [0.1, 0.15) is 5.78 Å². The third-order valence-corrected chi connectivity index (χ3v) is 2.53. The van der Waals surface area contributed by atoms with Crippen LogP contribution in [0.1, 0.15) is 47.0 Å². The summed E-state index contributed by atoms with van der Waals surface area (Å²) < 4.78 is 0. The number of allylic oxidation sites excluding steroid dienone is 4. The molecule has 1 nitrogen and oxygen atoms in total. The summed E-state index contributed by atoms with van der Waals surface area (Å²) in [7, 11) is 0. The lowest BCUT2D eigenvalue weighted by Gasteiger charge is -2.10. The van der Waals surface area contributed by atoms with Crippen LogP contribution in [-0.4, -0.2) is 5.78 Å². The van der Waals surface area contributed by atoms with E-state index in [1.807, 2.05) is 19.1 Å². The molecule has 0 fully saturated rings. The lowest BCUT2D eigenvalue weighted by Crippen LogP contribution is -2.09. The molecule has 1 atom stereocenters. The smallest absolute Gasteiger partial charge is 0.132 e. The normalized spacial score (nSPS) is 14.7. The van der Waals surface area contributed by atoms with Crippen LogP contribution in [-0.2, 0) is 4.79 Å². The third-order valence-electron chi connectivity index (χ3n) is 2.53. The largest absolute Gasteiger partial charge is 0.300 e. The molecule has 0 aromatic heterocycles. The Kier molecular flexibility index (Phi) is 7.09. The SMILES string of the molecule is CC=CC=C(C)CCC(CC)C(C)=O. The van der Waals surface area contributed by atoms with E-state index >= 15 is 0 Å². The minimum Gasteiger partial charge on any atom is -0.300 e. The van der Waals surface area contributed by atoms with Crippen molar-refractivity contribution in [2.75, 3.05) is 0 Å². The van der Waals surface area contributed by atoms with Gasteiger partial charge in [0.05, 0.1) is 0 Å². The Labute approximate surface area is 87.9 Å². The van der Waals surface area contributed by atoms with E-state index in [9.17, 15) is 4.79 Å². The van der Waals surface area contributed by atoms with Crippen molar-refractivity contribution >= 4 is 5.78 Å². The highest BCUT2D eigenvalue weighted by Gasteiger charge is 2.10. The van der Waals surface area contributed by atoms with Gasteiger partial charge in [0.2, 0.25) is 0 Å². The van der Waals surface area contributed by atoms with Crippen molar-refractivity contribution in [1.82, 2.24) is 0 Å². The lowest BCUT2D eigenvalue weighted by atomic mass is 9.94. The van der Waals surface area contributed by atoms with E-state index in [1.165, 1.54) is 5.57 Å². The number of rotatable bonds is 6. The Hall–Kier alpha value is -0.850. The first-order valence-electron chi connectivity index (χ1n) is 5.40. The molecule has 0 heterocycles. The second-order valence-corrected chi connectivity index (χ2v) is 3.79. The van der Waals surface area contributed by atoms with Crippen LogP contribution >= 0.6 is 0 Å². The molecule has 0 spiro atoms. The monoisotopic (exact) mass is 194 g/mol. The van der Waals surface area contributed by atoms with Gasteiger partial charge in [-0.25, -0.2) is 0 Å². The Morgan fingerprint density at radius 3 is 2.43 bits per heavy atom. The quantitative estimate of drug-likeness (QED) is 0.586. The number of hydrogen-bond acceptors (Lipinski definition) is 1. The summed E-state index contributed by atoms with van der Waals surface area (Å²) in [5.74, 6) is 0.579. The van der Waals surface area contributed by atoms with Crippen LogP contribution in [0.5, 0.6) is 0 Å². The predicted molar refractivity (Wildman–Crippen MR) is 62.3 cm³/mol. The fourth-order valence-electron chi connectivity index (χ4n) is 1.44. The molecular weight excluding hydrogens is 172 g/mol. The summed E-state index contributed by atoms with van der Waals surface area (Å²) in [6.07, 6.45) is 9.17. The third kappa shape index (κ3) is 5.74. The summed E-state index contributed by atoms with van der Waals surface area (Å²) in [4.78, 5) is 11.2. The minimum atomic E-state index is 0.254. The van der Waals surface area contributed by atoms with Crippen LogP contribution in [0.2, 0.25) is 0 Å². The van der Waals surface area contributed by atoms with Crippen molar-refractivity contribution in [2.45, 2.75) is 47.0 Å². The van der Waals surface area contributed by atoms with Gasteiger partial charge >= 0.3 is 0 Å². The predicted octanol–water partition coefficient (Wildman–Crippen LogP) is 3.90. The molecule has 0 rings (SSSR count). The molecule has 0 saturated heterocycles. The van der Waals surface area contributed by atoms with Gasteiger partial charge < -0.3 is 0 Å². The Bertz CT molecular complexity index is 223. The molecule has 0 bridgehead atoms. The van der Waals surface area contributed by atoms with Crippen LogP contribution in [0.3, 0.4) is 0 Å². The molecule has 0 aliphatic carbocycles. The molecule has 0 amide bonds. The first kappa shape index (κ1) is 13.2. The van der Waals surface area contributed by atoms with Crippen molar-refractivity contribution in [3.8, 4) is 0 Å². The molecule has 1 heteroatoms. The molecule has 14 heavy (non-hydrogen) atoms. The zero-order chi connectivity index (χ0) is 11.0. The van der Waals surface area contributed by atoms with Crippen molar-refractivity contribution in [2.24, 2.45) is 5.92 Å². The Morgan fingerprint density at radius 1 is 1.36 bits per heavy atom. The van der Waals surface area contributed by atoms with Gasteiger partial charge in [-0.05, 0) is 40.0 Å². The molecule has 80 valence electrons. The van der Waals surface area contributed by atoms with Crippen molar-refractivity contribution in [3.05, 3.63) is 23.8 Å². The van der Waals surface area contributed by atoms with Gasteiger partial charge in [0.25, 0.3) is 0 Å². The summed E-state index contributed by atoms with van der Waals surface area (Å²) in [5, 5.41) is 0. The van der Waals surface area contributed by atoms with Crippen molar-refractivity contribution in [1.29, 1.82) is 0 Å². The zero-order valence-corrected chi connectivity index (χ0v) is 9.84. The molecule has 0 aromatic rings. The molecular formula is C13H22O. The zero-order valence-electron chi connectivity index (χ0n) is 9.84. The standard InChI is InChI=1S/C13H22O/c1-5-7-8-11(3)9-10-13(6-2)12(4)14/h5,7-8,13H,6,9-10H2,1-4H3. The summed E-state index contributed by atoms with van der Waals surface area (Å²) >= 11 is 0. The molecule has 0 aliphatic heterocycles. The molecule has 0 aliphatic rings. The summed E-state index contributed by atoms with van der Waals surface area (Å²) in [6, 6.07) is 0. The summed E-state index contributed by atoms with van der Waals surface area (Å²) in [6.45, 7) is 7.90. The molecule has 0 N–H and O–H groups in total. The highest BCUT2D eigenvalue weighted by atomic mass is 16.1. The lowest BCUT2D eigenvalue weighted by molar-refractivity contribution is -0.121. The van der Waals surface area contributed by atoms with E-state index in [-0.39, 0.29) is 5.92 Å². The fraction of sp³-hybridized carbons (Fsp3) is 0.615. The van der Waals surface area contributed by atoms with Gasteiger partial charge in [-0.3, -0.25) is 4.79 Å². The highest BCUT2D eigenvalue weighted by Crippen LogP contribution is 2.15. The van der Waals surface area contributed by atoms with Crippen molar-refractivity contribution in [3.63, 3.8) is 0 Å². The number of carbonyl (C=O) groups excluding carboxylic acids is 1. The number of hydrogen-bond donors (Lipinski definition) is 0. The number of carbonyl (C=O) groups is 1. The van der Waals surface area contributed by atoms with Crippen LogP contribution in [0.25, 0.3) is 0 Å². The number of Topliss-reactive ketones (excluding diaryl/α,β-unsaturated/α-hetero) is 1. The minimum absolute atomic E-state index is 0.254. The maximum absolute atomic E-state index is 11.2. The van der Waals surface area contributed by atoms with Crippen LogP contribution in [0, 0.1) is 5.92 Å². The first-order valence-corrected chi connectivity index (χ1v) is 5.40. The van der Waals surface area contributed by atoms with Crippen molar-refractivity contribution < 1.29 is 4.79 Å². The Balaban J connectivity index is 3.97. The number of ketones is 1. The van der Waals surface area contributed by atoms with Gasteiger partial charge in [-0.1, -0.05) is 30.7 Å². The average molecular weight is 194 g/mol. The summed E-state index contributed by atoms with van der Waals surface area (Å²) in [5.41, 5.74) is 1.35. The molecule has 0 aromatic carbocycles. The fourth-order valence-corrected chi connectivity index (χ4v) is 1.44. The second kappa shape index (κ2) is 7.54. The van der Waals surface area contributed by atoms with E-state index in [0.29, 0.717) is 5.78 Å². The van der Waals surface area contributed by atoms with E-state index < -0.39 is 0 Å². The maximum atomic E-state index is 11.2. The van der Waals surface area contributed by atoms with Gasteiger partial charge in [-0.2, -0.15) is 0 Å². The van der Waals surface area contributed by atoms with E-state index in [4.69, 9.17) is 0 Å². The van der Waals surface area contributed by atoms with Gasteiger partial charge in [0.15, 0.2) is 0 Å². The van der Waals surface area contributed by atoms with E-state index in [2.05, 4.69) is 19.9 Å². The molecule has 1 unspecified atom stereocenters.